The molecule has 0 amide bonds. The van der Waals surface area contributed by atoms with Crippen molar-refractivity contribution in [2.75, 3.05) is 13.7 Å². The number of carbonyl (C=O) groups is 1. The van der Waals surface area contributed by atoms with E-state index in [0.717, 1.165) is 0 Å². The van der Waals surface area contributed by atoms with Crippen molar-refractivity contribution < 1.29 is 19.0 Å². The van der Waals surface area contributed by atoms with Gasteiger partial charge in [-0.25, -0.2) is 9.18 Å². The van der Waals surface area contributed by atoms with Gasteiger partial charge in [0, 0.05) is 6.54 Å². The second-order valence-electron chi connectivity index (χ2n) is 3.76. The third-order valence-electron chi connectivity index (χ3n) is 2.26. The Morgan fingerprint density at radius 1 is 1.47 bits per heavy atom. The molecule has 0 radical (unpaired) electrons. The summed E-state index contributed by atoms with van der Waals surface area (Å²) in [6.45, 7) is 1.85. The summed E-state index contributed by atoms with van der Waals surface area (Å²) in [5, 5.41) is 12.0. The van der Waals surface area contributed by atoms with Crippen molar-refractivity contribution in [1.29, 1.82) is 0 Å². The van der Waals surface area contributed by atoms with Crippen molar-refractivity contribution in [3.63, 3.8) is 0 Å². The van der Waals surface area contributed by atoms with Crippen LogP contribution in [0.15, 0.2) is 24.3 Å². The zero-order valence-electron chi connectivity index (χ0n) is 9.81. The first-order chi connectivity index (χ1) is 8.04. The van der Waals surface area contributed by atoms with Gasteiger partial charge < -0.3 is 9.84 Å². The Morgan fingerprint density at radius 3 is 2.53 bits per heavy atom. The number of nitrogens with one attached hydrogen (secondary N) is 1. The number of halogens is 1. The van der Waals surface area contributed by atoms with Crippen molar-refractivity contribution in [3.05, 3.63) is 35.6 Å². The number of carbonyl (C=O) groups excluding carboxylic acids is 1. The Bertz CT molecular complexity index is 365. The van der Waals surface area contributed by atoms with Gasteiger partial charge in [0.25, 0.3) is 0 Å². The van der Waals surface area contributed by atoms with Crippen LogP contribution in [0.25, 0.3) is 0 Å². The summed E-state index contributed by atoms with van der Waals surface area (Å²) in [4.78, 5) is 11.5. The lowest BCUT2D eigenvalue weighted by Gasteiger charge is -2.17. The minimum absolute atomic E-state index is 0.247. The molecule has 2 unspecified atom stereocenters. The average Bonchev–Trinajstić information content (AvgIpc) is 2.30. The first-order valence-corrected chi connectivity index (χ1v) is 5.29. The minimum Gasteiger partial charge on any atom is -0.468 e. The van der Waals surface area contributed by atoms with E-state index >= 15 is 0 Å². The van der Waals surface area contributed by atoms with Crippen LogP contribution in [-0.2, 0) is 9.53 Å². The normalized spacial score (nSPS) is 14.1. The SMILES string of the molecule is COC(=O)C(NCC(C)O)c1ccc(F)cc1. The molecule has 2 N–H and O–H groups in total. The van der Waals surface area contributed by atoms with Gasteiger partial charge >= 0.3 is 5.97 Å². The molecule has 94 valence electrons. The number of hydrogen-bond donors (Lipinski definition) is 2. The molecule has 1 aromatic carbocycles. The summed E-state index contributed by atoms with van der Waals surface area (Å²) in [6.07, 6.45) is -0.581. The number of benzene rings is 1. The Balaban J connectivity index is 2.82. The quantitative estimate of drug-likeness (QED) is 0.755. The first kappa shape index (κ1) is 13.6. The van der Waals surface area contributed by atoms with Gasteiger partial charge in [-0.3, -0.25) is 5.32 Å². The number of aliphatic hydroxyl groups excluding tert-OH is 1. The highest BCUT2D eigenvalue weighted by atomic mass is 19.1. The van der Waals surface area contributed by atoms with Gasteiger partial charge in [-0.05, 0) is 24.6 Å². The standard InChI is InChI=1S/C12H16FNO3/c1-8(15)7-14-11(12(16)17-2)9-3-5-10(13)6-4-9/h3-6,8,11,14-15H,7H2,1-2H3. The van der Waals surface area contributed by atoms with E-state index in [-0.39, 0.29) is 12.4 Å². The number of methoxy groups -OCH3 is 1. The van der Waals surface area contributed by atoms with E-state index in [1.807, 2.05) is 0 Å². The summed E-state index contributed by atoms with van der Waals surface area (Å²) in [5.74, 6) is -0.842. The molecule has 0 saturated heterocycles. The van der Waals surface area contributed by atoms with Gasteiger partial charge in [-0.15, -0.1) is 0 Å². The first-order valence-electron chi connectivity index (χ1n) is 5.29. The molecule has 2 atom stereocenters. The third kappa shape index (κ3) is 4.13. The molecular formula is C12H16FNO3. The maximum atomic E-state index is 12.8. The molecule has 0 aromatic heterocycles. The number of hydrogen-bond acceptors (Lipinski definition) is 4. The van der Waals surface area contributed by atoms with Crippen molar-refractivity contribution in [2.45, 2.75) is 19.1 Å². The molecule has 0 aliphatic heterocycles. The molecule has 0 bridgehead atoms. The van der Waals surface area contributed by atoms with Crippen LogP contribution in [-0.4, -0.2) is 30.8 Å². The Kier molecular flexibility index (Phi) is 5.06. The molecule has 0 spiro atoms. The molecule has 0 aliphatic rings. The lowest BCUT2D eigenvalue weighted by atomic mass is 10.1. The largest absolute Gasteiger partial charge is 0.468 e. The van der Waals surface area contributed by atoms with Gasteiger partial charge in [0.1, 0.15) is 11.9 Å². The summed E-state index contributed by atoms with van der Waals surface area (Å²) >= 11 is 0. The van der Waals surface area contributed by atoms with Crippen molar-refractivity contribution in [3.8, 4) is 0 Å². The fourth-order valence-corrected chi connectivity index (χ4v) is 1.40. The van der Waals surface area contributed by atoms with Crippen LogP contribution < -0.4 is 5.32 Å². The van der Waals surface area contributed by atoms with E-state index in [1.165, 1.54) is 31.4 Å². The molecule has 0 saturated carbocycles. The lowest BCUT2D eigenvalue weighted by Crippen LogP contribution is -2.34. The zero-order chi connectivity index (χ0) is 12.8. The minimum atomic E-state index is -0.699. The van der Waals surface area contributed by atoms with Crippen LogP contribution in [0.2, 0.25) is 0 Å². The van der Waals surface area contributed by atoms with Crippen LogP contribution in [0.1, 0.15) is 18.5 Å². The summed E-state index contributed by atoms with van der Waals surface area (Å²) in [7, 11) is 1.28. The van der Waals surface area contributed by atoms with Crippen LogP contribution >= 0.6 is 0 Å². The fraction of sp³-hybridized carbons (Fsp3) is 0.417. The van der Waals surface area contributed by atoms with Crippen molar-refractivity contribution >= 4 is 5.97 Å². The van der Waals surface area contributed by atoms with Gasteiger partial charge in [-0.2, -0.15) is 0 Å². The second-order valence-corrected chi connectivity index (χ2v) is 3.76. The number of aliphatic hydroxyl groups is 1. The van der Waals surface area contributed by atoms with E-state index in [4.69, 9.17) is 0 Å². The van der Waals surface area contributed by atoms with E-state index < -0.39 is 18.1 Å². The maximum Gasteiger partial charge on any atom is 0.327 e. The van der Waals surface area contributed by atoms with Gasteiger partial charge in [0.15, 0.2) is 0 Å². The second kappa shape index (κ2) is 6.32. The lowest BCUT2D eigenvalue weighted by molar-refractivity contribution is -0.143. The summed E-state index contributed by atoms with van der Waals surface area (Å²) in [6, 6.07) is 4.86. The Labute approximate surface area is 99.4 Å². The molecule has 0 aliphatic carbocycles. The Morgan fingerprint density at radius 2 is 2.06 bits per heavy atom. The summed E-state index contributed by atoms with van der Waals surface area (Å²) < 4.78 is 17.4. The number of ether oxygens (including phenoxy) is 1. The predicted molar refractivity (Wildman–Crippen MR) is 60.8 cm³/mol. The third-order valence-corrected chi connectivity index (χ3v) is 2.26. The molecular weight excluding hydrogens is 225 g/mol. The van der Waals surface area contributed by atoms with E-state index in [0.29, 0.717) is 5.56 Å². The smallest absolute Gasteiger partial charge is 0.327 e. The molecule has 0 fully saturated rings. The van der Waals surface area contributed by atoms with Crippen molar-refractivity contribution in [1.82, 2.24) is 5.32 Å². The number of esters is 1. The molecule has 17 heavy (non-hydrogen) atoms. The highest BCUT2D eigenvalue weighted by molar-refractivity contribution is 5.77. The van der Waals surface area contributed by atoms with E-state index in [1.54, 1.807) is 6.92 Å². The van der Waals surface area contributed by atoms with Crippen LogP contribution in [0.5, 0.6) is 0 Å². The predicted octanol–water partition coefficient (Wildman–Crippen LogP) is 1.01. The molecule has 1 aromatic rings. The summed E-state index contributed by atoms with van der Waals surface area (Å²) in [5.41, 5.74) is 0.596. The van der Waals surface area contributed by atoms with E-state index in [9.17, 15) is 14.3 Å². The fourth-order valence-electron chi connectivity index (χ4n) is 1.40. The molecule has 4 nitrogen and oxygen atoms in total. The number of rotatable bonds is 5. The van der Waals surface area contributed by atoms with Crippen LogP contribution in [0.3, 0.4) is 0 Å². The highest BCUT2D eigenvalue weighted by Crippen LogP contribution is 2.15. The maximum absolute atomic E-state index is 12.8. The van der Waals surface area contributed by atoms with E-state index in [2.05, 4.69) is 10.1 Å². The molecule has 0 heterocycles. The zero-order valence-corrected chi connectivity index (χ0v) is 9.81. The molecule has 1 rings (SSSR count). The highest BCUT2D eigenvalue weighted by Gasteiger charge is 2.21. The van der Waals surface area contributed by atoms with Gasteiger partial charge in [0.2, 0.25) is 0 Å². The van der Waals surface area contributed by atoms with Gasteiger partial charge in [0.05, 0.1) is 13.2 Å². The van der Waals surface area contributed by atoms with Crippen LogP contribution in [0, 0.1) is 5.82 Å². The topological polar surface area (TPSA) is 58.6 Å². The Hall–Kier alpha value is -1.46. The van der Waals surface area contributed by atoms with Gasteiger partial charge in [-0.1, -0.05) is 12.1 Å². The average molecular weight is 241 g/mol. The monoisotopic (exact) mass is 241 g/mol. The van der Waals surface area contributed by atoms with Crippen molar-refractivity contribution in [2.24, 2.45) is 0 Å². The molecule has 5 heteroatoms. The van der Waals surface area contributed by atoms with Crippen LogP contribution in [0.4, 0.5) is 4.39 Å².